The summed E-state index contributed by atoms with van der Waals surface area (Å²) in [4.78, 5) is 2.33. The molecular formula is C46H29NO2. The maximum absolute atomic E-state index is 6.30. The fourth-order valence-corrected chi connectivity index (χ4v) is 7.37. The largest absolute Gasteiger partial charge is 0.456 e. The number of para-hydroxylation sites is 3. The molecule has 3 nitrogen and oxygen atoms in total. The molecule has 0 fully saturated rings. The third kappa shape index (κ3) is 4.51. The quantitative estimate of drug-likeness (QED) is 0.190. The van der Waals surface area contributed by atoms with Crippen molar-refractivity contribution in [2.75, 3.05) is 4.90 Å². The number of hydrogen-bond donors (Lipinski definition) is 0. The average molecular weight is 628 g/mol. The highest BCUT2D eigenvalue weighted by Crippen LogP contribution is 2.44. The van der Waals surface area contributed by atoms with Crippen molar-refractivity contribution in [2.24, 2.45) is 0 Å². The van der Waals surface area contributed by atoms with Gasteiger partial charge in [-0.05, 0) is 99.8 Å². The Morgan fingerprint density at radius 2 is 0.878 bits per heavy atom. The predicted molar refractivity (Wildman–Crippen MR) is 204 cm³/mol. The van der Waals surface area contributed by atoms with E-state index in [0.29, 0.717) is 0 Å². The van der Waals surface area contributed by atoms with E-state index in [2.05, 4.69) is 157 Å². The van der Waals surface area contributed by atoms with Gasteiger partial charge in [0, 0.05) is 27.5 Å². The van der Waals surface area contributed by atoms with Crippen molar-refractivity contribution in [3.8, 4) is 22.3 Å². The number of anilines is 3. The van der Waals surface area contributed by atoms with Gasteiger partial charge in [-0.25, -0.2) is 0 Å². The van der Waals surface area contributed by atoms with Crippen LogP contribution >= 0.6 is 0 Å². The monoisotopic (exact) mass is 627 g/mol. The smallest absolute Gasteiger partial charge is 0.137 e. The van der Waals surface area contributed by atoms with Crippen LogP contribution in [0.4, 0.5) is 17.1 Å². The lowest BCUT2D eigenvalue weighted by molar-refractivity contribution is 0.668. The molecule has 2 aromatic heterocycles. The van der Waals surface area contributed by atoms with Gasteiger partial charge in [-0.15, -0.1) is 0 Å². The first-order valence-corrected chi connectivity index (χ1v) is 16.6. The highest BCUT2D eigenvalue weighted by molar-refractivity contribution is 6.19. The van der Waals surface area contributed by atoms with Gasteiger partial charge in [-0.1, -0.05) is 109 Å². The molecule has 0 aliphatic heterocycles. The molecule has 10 aromatic rings. The molecule has 0 bridgehead atoms. The number of hydrogen-bond acceptors (Lipinski definition) is 3. The maximum Gasteiger partial charge on any atom is 0.137 e. The van der Waals surface area contributed by atoms with Crippen molar-refractivity contribution in [3.63, 3.8) is 0 Å². The minimum Gasteiger partial charge on any atom is -0.456 e. The first kappa shape index (κ1) is 27.5. The molecule has 2 heterocycles. The van der Waals surface area contributed by atoms with Crippen molar-refractivity contribution < 1.29 is 8.83 Å². The van der Waals surface area contributed by atoms with Gasteiger partial charge in [0.2, 0.25) is 0 Å². The van der Waals surface area contributed by atoms with Gasteiger partial charge in [-0.2, -0.15) is 0 Å². The Labute approximate surface area is 282 Å². The van der Waals surface area contributed by atoms with E-state index in [4.69, 9.17) is 8.83 Å². The standard InChI is InChI=1S/C46H29NO2/c1-2-14-35(15-3-1)47(40-19-10-22-43-46(40)38-18-5-7-21-42(38)48-43)36-16-9-13-33(28-36)31-11-8-12-32(27-31)34-24-23-30-25-26-44-45(39(30)29-34)37-17-4-6-20-41(37)49-44/h1-29H. The summed E-state index contributed by atoms with van der Waals surface area (Å²) in [5, 5.41) is 6.92. The van der Waals surface area contributed by atoms with Crippen LogP contribution in [0.1, 0.15) is 0 Å². The Balaban J connectivity index is 1.10. The summed E-state index contributed by atoms with van der Waals surface area (Å²) in [7, 11) is 0. The predicted octanol–water partition coefficient (Wildman–Crippen LogP) is 13.4. The molecule has 0 aliphatic carbocycles. The lowest BCUT2D eigenvalue weighted by atomic mass is 9.95. The van der Waals surface area contributed by atoms with Crippen LogP contribution in [0.2, 0.25) is 0 Å². The van der Waals surface area contributed by atoms with Crippen LogP contribution in [0.3, 0.4) is 0 Å². The molecule has 0 amide bonds. The molecule has 230 valence electrons. The number of fused-ring (bicyclic) bond motifs is 8. The van der Waals surface area contributed by atoms with Crippen molar-refractivity contribution in [1.29, 1.82) is 0 Å². The van der Waals surface area contributed by atoms with Gasteiger partial charge in [0.05, 0.1) is 11.1 Å². The number of rotatable bonds is 5. The van der Waals surface area contributed by atoms with E-state index in [1.54, 1.807) is 0 Å². The van der Waals surface area contributed by atoms with Crippen LogP contribution in [-0.2, 0) is 0 Å². The van der Waals surface area contributed by atoms with Crippen LogP contribution in [0, 0.1) is 0 Å². The number of furan rings is 2. The Bertz CT molecular complexity index is 2840. The van der Waals surface area contributed by atoms with E-state index in [-0.39, 0.29) is 0 Å². The van der Waals surface area contributed by atoms with Crippen LogP contribution in [-0.4, -0.2) is 0 Å². The Morgan fingerprint density at radius 1 is 0.327 bits per heavy atom. The number of nitrogens with zero attached hydrogens (tertiary/aromatic N) is 1. The zero-order valence-electron chi connectivity index (χ0n) is 26.5. The summed E-state index contributed by atoms with van der Waals surface area (Å²) >= 11 is 0. The molecular weight excluding hydrogens is 599 g/mol. The van der Waals surface area contributed by atoms with Crippen molar-refractivity contribution in [1.82, 2.24) is 0 Å². The van der Waals surface area contributed by atoms with Gasteiger partial charge in [0.15, 0.2) is 0 Å². The molecule has 8 aromatic carbocycles. The zero-order valence-corrected chi connectivity index (χ0v) is 26.5. The van der Waals surface area contributed by atoms with E-state index >= 15 is 0 Å². The molecule has 0 atom stereocenters. The first-order valence-electron chi connectivity index (χ1n) is 16.6. The normalized spacial score (nSPS) is 11.7. The maximum atomic E-state index is 6.30. The zero-order chi connectivity index (χ0) is 32.3. The van der Waals surface area contributed by atoms with Crippen LogP contribution in [0.25, 0.3) is 76.9 Å². The van der Waals surface area contributed by atoms with Crippen LogP contribution in [0.15, 0.2) is 185 Å². The van der Waals surface area contributed by atoms with E-state index in [0.717, 1.165) is 66.7 Å². The molecule has 0 radical (unpaired) electrons. The van der Waals surface area contributed by atoms with E-state index < -0.39 is 0 Å². The SMILES string of the molecule is c1ccc(N(c2cccc(-c3cccc(-c4ccc5ccc6oc7ccccc7c6c5c4)c3)c2)c2cccc3oc4ccccc4c23)cc1. The van der Waals surface area contributed by atoms with Gasteiger partial charge < -0.3 is 13.7 Å². The fraction of sp³-hybridized carbons (Fsp3) is 0. The molecule has 10 rings (SSSR count). The van der Waals surface area contributed by atoms with E-state index in [9.17, 15) is 0 Å². The Kier molecular flexibility index (Phi) is 6.18. The average Bonchev–Trinajstić information content (AvgIpc) is 3.75. The second kappa shape index (κ2) is 11.0. The first-order chi connectivity index (χ1) is 24.3. The number of benzene rings is 8. The third-order valence-corrected chi connectivity index (χ3v) is 9.63. The van der Waals surface area contributed by atoms with Gasteiger partial charge >= 0.3 is 0 Å². The second-order valence-corrected chi connectivity index (χ2v) is 12.5. The summed E-state index contributed by atoms with van der Waals surface area (Å²) < 4.78 is 12.5. The van der Waals surface area contributed by atoms with E-state index in [1.165, 1.54) is 27.3 Å². The van der Waals surface area contributed by atoms with E-state index in [1.807, 2.05) is 24.3 Å². The van der Waals surface area contributed by atoms with Gasteiger partial charge in [0.25, 0.3) is 0 Å². The minimum absolute atomic E-state index is 0.875. The molecule has 0 spiro atoms. The van der Waals surface area contributed by atoms with Crippen molar-refractivity contribution in [2.45, 2.75) is 0 Å². The van der Waals surface area contributed by atoms with Crippen molar-refractivity contribution in [3.05, 3.63) is 176 Å². The summed E-state index contributed by atoms with van der Waals surface area (Å²) in [5.74, 6) is 0. The summed E-state index contributed by atoms with van der Waals surface area (Å²) in [6.45, 7) is 0. The second-order valence-electron chi connectivity index (χ2n) is 12.5. The van der Waals surface area contributed by atoms with Crippen LogP contribution in [0.5, 0.6) is 0 Å². The lowest BCUT2D eigenvalue weighted by Crippen LogP contribution is -2.10. The lowest BCUT2D eigenvalue weighted by Gasteiger charge is -2.26. The molecule has 0 unspecified atom stereocenters. The molecule has 3 heteroatoms. The summed E-state index contributed by atoms with van der Waals surface area (Å²) in [6.07, 6.45) is 0. The fourth-order valence-electron chi connectivity index (χ4n) is 7.37. The summed E-state index contributed by atoms with van der Waals surface area (Å²) in [6, 6.07) is 62.1. The Hall–Kier alpha value is -6.58. The van der Waals surface area contributed by atoms with Gasteiger partial charge in [-0.3, -0.25) is 0 Å². The highest BCUT2D eigenvalue weighted by atomic mass is 16.3. The highest BCUT2D eigenvalue weighted by Gasteiger charge is 2.19. The van der Waals surface area contributed by atoms with Crippen molar-refractivity contribution >= 4 is 71.7 Å². The topological polar surface area (TPSA) is 29.5 Å². The molecule has 0 N–H and O–H groups in total. The molecule has 0 aliphatic rings. The summed E-state index contributed by atoms with van der Waals surface area (Å²) in [5.41, 5.74) is 11.5. The van der Waals surface area contributed by atoms with Crippen LogP contribution < -0.4 is 4.90 Å². The molecule has 49 heavy (non-hydrogen) atoms. The van der Waals surface area contributed by atoms with Gasteiger partial charge in [0.1, 0.15) is 22.3 Å². The third-order valence-electron chi connectivity index (χ3n) is 9.63. The Morgan fingerprint density at radius 3 is 1.65 bits per heavy atom. The molecule has 0 saturated heterocycles. The molecule has 0 saturated carbocycles. The minimum atomic E-state index is 0.875.